The molecule has 5 heteroatoms. The minimum atomic E-state index is 0.320. The smallest absolute Gasteiger partial charge is 0.321 e. The van der Waals surface area contributed by atoms with Gasteiger partial charge in [-0.25, -0.2) is 0 Å². The monoisotopic (exact) mass is 215 g/mol. The molecular weight excluding hydrogens is 198 g/mol. The maximum atomic E-state index is 5.02. The fraction of sp³-hybridized carbons (Fsp3) is 0.778. The molecule has 0 unspecified atom stereocenters. The van der Waals surface area contributed by atoms with Crippen molar-refractivity contribution in [1.29, 1.82) is 0 Å². The van der Waals surface area contributed by atoms with Crippen LogP contribution in [0.1, 0.15) is 33.5 Å². The molecule has 0 aliphatic rings. The zero-order chi connectivity index (χ0) is 10.6. The number of hydrogen-bond donors (Lipinski definition) is 1. The number of rotatable bonds is 5. The van der Waals surface area contributed by atoms with E-state index in [1.807, 2.05) is 13.8 Å². The summed E-state index contributed by atoms with van der Waals surface area (Å²) in [6.07, 6.45) is 0. The molecule has 0 aliphatic carbocycles. The fourth-order valence-corrected chi connectivity index (χ4v) is 1.46. The molecule has 0 radical (unpaired) electrons. The van der Waals surface area contributed by atoms with Gasteiger partial charge in [0, 0.05) is 6.04 Å². The largest absolute Gasteiger partial charge is 0.336 e. The van der Waals surface area contributed by atoms with Gasteiger partial charge in [0.05, 0.1) is 5.75 Å². The molecule has 1 N–H and O–H groups in total. The van der Waals surface area contributed by atoms with Crippen LogP contribution >= 0.6 is 11.8 Å². The van der Waals surface area contributed by atoms with Crippen molar-refractivity contribution in [3.05, 3.63) is 5.82 Å². The Balaban J connectivity index is 2.42. The molecule has 0 fully saturated rings. The Morgan fingerprint density at radius 2 is 2.07 bits per heavy atom. The Morgan fingerprint density at radius 1 is 1.36 bits per heavy atom. The van der Waals surface area contributed by atoms with Gasteiger partial charge in [0.1, 0.15) is 0 Å². The first-order valence-electron chi connectivity index (χ1n) is 4.78. The van der Waals surface area contributed by atoms with Gasteiger partial charge in [0.25, 0.3) is 0 Å². The second-order valence-electron chi connectivity index (χ2n) is 3.67. The SMILES string of the molecule is CC(C)Nc1nc(CSC(C)C)no1. The van der Waals surface area contributed by atoms with Gasteiger partial charge in [0.15, 0.2) is 5.82 Å². The molecule has 1 rings (SSSR count). The van der Waals surface area contributed by atoms with Crippen LogP contribution in [-0.4, -0.2) is 21.4 Å². The van der Waals surface area contributed by atoms with E-state index in [1.54, 1.807) is 11.8 Å². The number of nitrogens with one attached hydrogen (secondary N) is 1. The van der Waals surface area contributed by atoms with Crippen LogP contribution < -0.4 is 5.32 Å². The lowest BCUT2D eigenvalue weighted by molar-refractivity contribution is 0.422. The molecule has 4 nitrogen and oxygen atoms in total. The minimum Gasteiger partial charge on any atom is -0.336 e. The van der Waals surface area contributed by atoms with Crippen LogP contribution in [0.5, 0.6) is 0 Å². The van der Waals surface area contributed by atoms with E-state index in [0.717, 1.165) is 11.6 Å². The van der Waals surface area contributed by atoms with Gasteiger partial charge in [-0.3, -0.25) is 0 Å². The summed E-state index contributed by atoms with van der Waals surface area (Å²) in [6, 6.07) is 0.834. The minimum absolute atomic E-state index is 0.320. The Hall–Kier alpha value is -0.710. The summed E-state index contributed by atoms with van der Waals surface area (Å²) >= 11 is 1.80. The average molecular weight is 215 g/mol. The summed E-state index contributed by atoms with van der Waals surface area (Å²) in [7, 11) is 0. The lowest BCUT2D eigenvalue weighted by Crippen LogP contribution is -2.09. The molecule has 0 aromatic carbocycles. The number of thioether (sulfide) groups is 1. The molecule has 0 bridgehead atoms. The third kappa shape index (κ3) is 4.00. The second-order valence-corrected chi connectivity index (χ2v) is 5.24. The van der Waals surface area contributed by atoms with E-state index >= 15 is 0 Å². The highest BCUT2D eigenvalue weighted by Gasteiger charge is 2.07. The van der Waals surface area contributed by atoms with E-state index < -0.39 is 0 Å². The van der Waals surface area contributed by atoms with Crippen LogP contribution in [0.2, 0.25) is 0 Å². The molecule has 14 heavy (non-hydrogen) atoms. The van der Waals surface area contributed by atoms with Crippen molar-refractivity contribution in [1.82, 2.24) is 10.1 Å². The molecule has 0 amide bonds. The van der Waals surface area contributed by atoms with Gasteiger partial charge in [-0.05, 0) is 19.1 Å². The lowest BCUT2D eigenvalue weighted by Gasteiger charge is -2.02. The first-order chi connectivity index (χ1) is 6.58. The zero-order valence-electron chi connectivity index (χ0n) is 9.07. The lowest BCUT2D eigenvalue weighted by atomic mass is 10.4. The van der Waals surface area contributed by atoms with Gasteiger partial charge >= 0.3 is 6.01 Å². The van der Waals surface area contributed by atoms with E-state index in [4.69, 9.17) is 4.52 Å². The van der Waals surface area contributed by atoms with Crippen molar-refractivity contribution in [2.24, 2.45) is 0 Å². The molecule has 0 spiro atoms. The fourth-order valence-electron chi connectivity index (χ4n) is 0.859. The van der Waals surface area contributed by atoms with Crippen molar-refractivity contribution >= 4 is 17.8 Å². The second kappa shape index (κ2) is 5.24. The highest BCUT2D eigenvalue weighted by atomic mass is 32.2. The number of aromatic nitrogens is 2. The van der Waals surface area contributed by atoms with Gasteiger partial charge in [-0.2, -0.15) is 16.7 Å². The highest BCUT2D eigenvalue weighted by molar-refractivity contribution is 7.99. The Kier molecular flexibility index (Phi) is 4.25. The molecule has 0 saturated carbocycles. The van der Waals surface area contributed by atoms with Gasteiger partial charge < -0.3 is 9.84 Å². The van der Waals surface area contributed by atoms with Crippen LogP contribution in [0.25, 0.3) is 0 Å². The quantitative estimate of drug-likeness (QED) is 0.818. The van der Waals surface area contributed by atoms with Crippen molar-refractivity contribution in [3.8, 4) is 0 Å². The van der Waals surface area contributed by atoms with Crippen LogP contribution in [0.15, 0.2) is 4.52 Å². The number of nitrogens with zero attached hydrogens (tertiary/aromatic N) is 2. The predicted octanol–water partition coefficient (Wildman–Crippen LogP) is 2.53. The predicted molar refractivity (Wildman–Crippen MR) is 59.5 cm³/mol. The number of hydrogen-bond acceptors (Lipinski definition) is 5. The Labute approximate surface area is 88.8 Å². The van der Waals surface area contributed by atoms with E-state index in [1.165, 1.54) is 0 Å². The summed E-state index contributed by atoms with van der Waals surface area (Å²) in [5, 5.41) is 7.53. The van der Waals surface area contributed by atoms with Crippen LogP contribution in [0, 0.1) is 0 Å². The van der Waals surface area contributed by atoms with Crippen LogP contribution in [-0.2, 0) is 5.75 Å². The van der Waals surface area contributed by atoms with Gasteiger partial charge in [0.2, 0.25) is 0 Å². The maximum absolute atomic E-state index is 5.02. The van der Waals surface area contributed by atoms with Crippen molar-refractivity contribution in [2.75, 3.05) is 5.32 Å². The molecule has 0 saturated heterocycles. The first-order valence-corrected chi connectivity index (χ1v) is 5.83. The molecule has 0 atom stereocenters. The van der Waals surface area contributed by atoms with E-state index in [0.29, 0.717) is 17.3 Å². The van der Waals surface area contributed by atoms with Gasteiger partial charge in [-0.1, -0.05) is 19.0 Å². The standard InChI is InChI=1S/C9H17N3OS/c1-6(2)10-9-11-8(12-13-9)5-14-7(3)4/h6-7H,5H2,1-4H3,(H,10,11,12). The topological polar surface area (TPSA) is 51.0 Å². The van der Waals surface area contributed by atoms with Crippen molar-refractivity contribution < 1.29 is 4.52 Å². The normalized spacial score (nSPS) is 11.3. The molecule has 1 aromatic heterocycles. The summed E-state index contributed by atoms with van der Waals surface area (Å²) in [4.78, 5) is 4.21. The van der Waals surface area contributed by atoms with E-state index in [9.17, 15) is 0 Å². The van der Waals surface area contributed by atoms with Crippen LogP contribution in [0.3, 0.4) is 0 Å². The molecule has 0 aliphatic heterocycles. The molecular formula is C9H17N3OS. The molecule has 80 valence electrons. The van der Waals surface area contributed by atoms with Crippen molar-refractivity contribution in [3.63, 3.8) is 0 Å². The van der Waals surface area contributed by atoms with E-state index in [2.05, 4.69) is 29.3 Å². The molecule has 1 aromatic rings. The first kappa shape index (κ1) is 11.4. The number of anilines is 1. The van der Waals surface area contributed by atoms with Gasteiger partial charge in [-0.15, -0.1) is 0 Å². The van der Waals surface area contributed by atoms with E-state index in [-0.39, 0.29) is 0 Å². The average Bonchev–Trinajstić information content (AvgIpc) is 2.47. The third-order valence-electron chi connectivity index (χ3n) is 1.43. The highest BCUT2D eigenvalue weighted by Crippen LogP contribution is 2.16. The zero-order valence-corrected chi connectivity index (χ0v) is 9.89. The summed E-state index contributed by atoms with van der Waals surface area (Å²) in [5.74, 6) is 1.56. The Morgan fingerprint density at radius 3 is 2.64 bits per heavy atom. The third-order valence-corrected chi connectivity index (χ3v) is 2.52. The maximum Gasteiger partial charge on any atom is 0.321 e. The summed E-state index contributed by atoms with van der Waals surface area (Å²) in [6.45, 7) is 8.37. The van der Waals surface area contributed by atoms with Crippen LogP contribution in [0.4, 0.5) is 6.01 Å². The summed E-state index contributed by atoms with van der Waals surface area (Å²) < 4.78 is 5.02. The molecule has 1 heterocycles. The summed E-state index contributed by atoms with van der Waals surface area (Å²) in [5.41, 5.74) is 0. The van der Waals surface area contributed by atoms with Crippen molar-refractivity contribution in [2.45, 2.75) is 44.7 Å². The Bertz CT molecular complexity index is 273.